The normalized spacial score (nSPS) is 11.6. The first-order valence-corrected chi connectivity index (χ1v) is 10.5. The zero-order valence-corrected chi connectivity index (χ0v) is 16.8. The molecule has 0 aromatic heterocycles. The monoisotopic (exact) mass is 372 g/mol. The molecule has 0 bridgehead atoms. The highest BCUT2D eigenvalue weighted by atomic mass is 16.4. The number of aromatic carboxylic acids is 1. The average Bonchev–Trinajstić information content (AvgIpc) is 2.64. The van der Waals surface area contributed by atoms with E-state index in [1.54, 1.807) is 12.1 Å². The molecule has 0 saturated carbocycles. The van der Waals surface area contributed by atoms with Crippen molar-refractivity contribution in [1.82, 2.24) is 0 Å². The van der Waals surface area contributed by atoms with Gasteiger partial charge in [-0.2, -0.15) is 0 Å². The topological polar surface area (TPSA) is 57.5 Å². The van der Waals surface area contributed by atoms with Crippen LogP contribution in [-0.2, 0) is 6.42 Å². The first kappa shape index (κ1) is 23.0. The molecule has 0 heterocycles. The molecule has 1 aromatic rings. The van der Waals surface area contributed by atoms with Crippen LogP contribution in [0.3, 0.4) is 0 Å². The second kappa shape index (κ2) is 15.1. The van der Waals surface area contributed by atoms with E-state index in [0.29, 0.717) is 6.42 Å². The van der Waals surface area contributed by atoms with E-state index in [2.05, 4.69) is 31.2 Å². The quantitative estimate of drug-likeness (QED) is 0.256. The van der Waals surface area contributed by atoms with Gasteiger partial charge in [0.05, 0.1) is 0 Å². The van der Waals surface area contributed by atoms with E-state index in [4.69, 9.17) is 0 Å². The van der Waals surface area contributed by atoms with Crippen LogP contribution in [0.4, 0.5) is 0 Å². The smallest absolute Gasteiger partial charge is 0.339 e. The Labute approximate surface area is 164 Å². The number of carboxylic acids is 1. The highest BCUT2D eigenvalue weighted by Crippen LogP contribution is 2.22. The molecule has 3 nitrogen and oxygen atoms in total. The molecule has 1 rings (SSSR count). The van der Waals surface area contributed by atoms with Crippen LogP contribution in [0.1, 0.15) is 93.5 Å². The molecule has 0 amide bonds. The highest BCUT2D eigenvalue weighted by Gasteiger charge is 2.14. The van der Waals surface area contributed by atoms with Gasteiger partial charge >= 0.3 is 5.97 Å². The van der Waals surface area contributed by atoms with E-state index < -0.39 is 5.97 Å². The lowest BCUT2D eigenvalue weighted by atomic mass is 10.00. The summed E-state index contributed by atoms with van der Waals surface area (Å²) in [7, 11) is 0. The van der Waals surface area contributed by atoms with Gasteiger partial charge in [-0.25, -0.2) is 4.79 Å². The van der Waals surface area contributed by atoms with Crippen molar-refractivity contribution < 1.29 is 15.0 Å². The van der Waals surface area contributed by atoms with E-state index in [1.165, 1.54) is 44.6 Å². The number of aryl methyl sites for hydroxylation is 1. The summed E-state index contributed by atoms with van der Waals surface area (Å²) >= 11 is 0. The first-order chi connectivity index (χ1) is 13.2. The van der Waals surface area contributed by atoms with Crippen LogP contribution < -0.4 is 0 Å². The van der Waals surface area contributed by atoms with Crippen molar-refractivity contribution in [3.63, 3.8) is 0 Å². The third kappa shape index (κ3) is 10.6. The lowest BCUT2D eigenvalue weighted by Crippen LogP contribution is -2.03. The van der Waals surface area contributed by atoms with E-state index in [-0.39, 0.29) is 11.3 Å². The maximum Gasteiger partial charge on any atom is 0.339 e. The van der Waals surface area contributed by atoms with Crippen LogP contribution >= 0.6 is 0 Å². The van der Waals surface area contributed by atoms with Crippen molar-refractivity contribution in [2.75, 3.05) is 0 Å². The fourth-order valence-electron chi connectivity index (χ4n) is 3.17. The Morgan fingerprint density at radius 2 is 1.52 bits per heavy atom. The van der Waals surface area contributed by atoms with Crippen molar-refractivity contribution in [2.24, 2.45) is 0 Å². The molecule has 0 radical (unpaired) electrons. The van der Waals surface area contributed by atoms with E-state index >= 15 is 0 Å². The predicted molar refractivity (Wildman–Crippen MR) is 114 cm³/mol. The fourth-order valence-corrected chi connectivity index (χ4v) is 3.17. The van der Waals surface area contributed by atoms with Crippen LogP contribution in [0.5, 0.6) is 5.75 Å². The molecule has 0 aliphatic carbocycles. The molecule has 0 unspecified atom stereocenters. The molecule has 150 valence electrons. The third-order valence-electron chi connectivity index (χ3n) is 4.74. The molecule has 1 aromatic carbocycles. The van der Waals surface area contributed by atoms with Crippen molar-refractivity contribution >= 4 is 5.97 Å². The summed E-state index contributed by atoms with van der Waals surface area (Å²) in [6, 6.07) is 4.93. The van der Waals surface area contributed by atoms with Crippen LogP contribution in [0.25, 0.3) is 0 Å². The number of carboxylic acid groups (broad SMARTS) is 1. The maximum atomic E-state index is 11.2. The SMILES string of the molecule is CCCCCCCC=CCC=CCCCCCc1cccc(O)c1C(=O)O. The van der Waals surface area contributed by atoms with Crippen LogP contribution in [0.15, 0.2) is 42.5 Å². The zero-order chi connectivity index (χ0) is 19.7. The molecule has 0 aliphatic heterocycles. The Morgan fingerprint density at radius 1 is 0.889 bits per heavy atom. The van der Waals surface area contributed by atoms with Gasteiger partial charge in [-0.05, 0) is 56.6 Å². The number of rotatable bonds is 15. The summed E-state index contributed by atoms with van der Waals surface area (Å²) < 4.78 is 0. The third-order valence-corrected chi connectivity index (χ3v) is 4.74. The van der Waals surface area contributed by atoms with E-state index in [9.17, 15) is 15.0 Å². The second-order valence-corrected chi connectivity index (χ2v) is 7.10. The molecule has 0 saturated heterocycles. The summed E-state index contributed by atoms with van der Waals surface area (Å²) in [5.41, 5.74) is 0.771. The molecule has 0 aliphatic rings. The molecule has 0 atom stereocenters. The second-order valence-electron chi connectivity index (χ2n) is 7.10. The van der Waals surface area contributed by atoms with Gasteiger partial charge in [-0.3, -0.25) is 0 Å². The number of benzene rings is 1. The Bertz CT molecular complexity index is 587. The molecule has 27 heavy (non-hydrogen) atoms. The minimum atomic E-state index is -1.06. The fraction of sp³-hybridized carbons (Fsp3) is 0.542. The van der Waals surface area contributed by atoms with Gasteiger partial charge in [0.1, 0.15) is 11.3 Å². The number of hydrogen-bond acceptors (Lipinski definition) is 2. The van der Waals surface area contributed by atoms with E-state index in [1.807, 2.05) is 0 Å². The van der Waals surface area contributed by atoms with Gasteiger partial charge < -0.3 is 10.2 Å². The number of allylic oxidation sites excluding steroid dienone is 4. The number of hydrogen-bond donors (Lipinski definition) is 2. The van der Waals surface area contributed by atoms with Crippen molar-refractivity contribution in [3.05, 3.63) is 53.6 Å². The van der Waals surface area contributed by atoms with Gasteiger partial charge in [0, 0.05) is 0 Å². The van der Waals surface area contributed by atoms with Crippen LogP contribution in [0.2, 0.25) is 0 Å². The molecule has 3 heteroatoms. The highest BCUT2D eigenvalue weighted by molar-refractivity contribution is 5.92. The Kier molecular flexibility index (Phi) is 12.8. The molecular weight excluding hydrogens is 336 g/mol. The summed E-state index contributed by atoms with van der Waals surface area (Å²) in [5, 5.41) is 18.9. The van der Waals surface area contributed by atoms with Crippen molar-refractivity contribution in [2.45, 2.75) is 84.0 Å². The van der Waals surface area contributed by atoms with E-state index in [0.717, 1.165) is 37.7 Å². The minimum Gasteiger partial charge on any atom is -0.507 e. The van der Waals surface area contributed by atoms with Gasteiger partial charge in [-0.1, -0.05) is 75.5 Å². The minimum absolute atomic E-state index is 0.0505. The number of phenols is 1. The van der Waals surface area contributed by atoms with Crippen LogP contribution in [0, 0.1) is 0 Å². The van der Waals surface area contributed by atoms with Crippen molar-refractivity contribution in [1.29, 1.82) is 0 Å². The maximum absolute atomic E-state index is 11.2. The molecule has 0 spiro atoms. The summed E-state index contributed by atoms with van der Waals surface area (Å²) in [6.45, 7) is 2.25. The first-order valence-electron chi connectivity index (χ1n) is 10.5. The zero-order valence-electron chi connectivity index (χ0n) is 16.8. The number of unbranched alkanes of at least 4 members (excludes halogenated alkanes) is 8. The lowest BCUT2D eigenvalue weighted by Gasteiger charge is -2.07. The summed E-state index contributed by atoms with van der Waals surface area (Å²) in [6.07, 6.45) is 22.8. The largest absolute Gasteiger partial charge is 0.507 e. The Hall–Kier alpha value is -2.03. The van der Waals surface area contributed by atoms with Gasteiger partial charge in [0.15, 0.2) is 0 Å². The van der Waals surface area contributed by atoms with Gasteiger partial charge in [-0.15, -0.1) is 0 Å². The molecular formula is C24H36O3. The summed E-state index contributed by atoms with van der Waals surface area (Å²) in [4.78, 5) is 11.2. The van der Waals surface area contributed by atoms with Crippen molar-refractivity contribution in [3.8, 4) is 5.75 Å². The Balaban J connectivity index is 2.07. The Morgan fingerprint density at radius 3 is 2.15 bits per heavy atom. The predicted octanol–water partition coefficient (Wildman–Crippen LogP) is 7.06. The summed E-state index contributed by atoms with van der Waals surface area (Å²) in [5.74, 6) is -1.20. The number of aromatic hydroxyl groups is 1. The molecule has 0 fully saturated rings. The van der Waals surface area contributed by atoms with Gasteiger partial charge in [0.2, 0.25) is 0 Å². The average molecular weight is 373 g/mol. The number of carbonyl (C=O) groups is 1. The molecule has 2 N–H and O–H groups in total. The standard InChI is InChI=1S/C24H36O3/c1-2-3-4-5-6-7-8-9-10-11-12-13-14-15-16-18-21-19-17-20-22(25)23(21)24(26)27/h8-9,11-12,17,19-20,25H,2-7,10,13-16,18H2,1H3,(H,26,27). The van der Waals surface area contributed by atoms with Crippen LogP contribution in [-0.4, -0.2) is 16.2 Å². The lowest BCUT2D eigenvalue weighted by molar-refractivity contribution is 0.0692. The van der Waals surface area contributed by atoms with Gasteiger partial charge in [0.25, 0.3) is 0 Å².